The molecule has 0 N–H and O–H groups in total. The number of pyridine rings is 1. The lowest BCUT2D eigenvalue weighted by Crippen LogP contribution is -2.02. The molecule has 0 atom stereocenters. The Hall–Kier alpha value is -1.09. The van der Waals surface area contributed by atoms with Gasteiger partial charge in [0.1, 0.15) is 0 Å². The van der Waals surface area contributed by atoms with E-state index in [2.05, 4.69) is 15.8 Å². The van der Waals surface area contributed by atoms with Crippen LogP contribution in [0.3, 0.4) is 0 Å². The molecule has 1 radical (unpaired) electrons. The molecule has 0 aliphatic rings. The van der Waals surface area contributed by atoms with Gasteiger partial charge in [-0.25, -0.2) is 4.98 Å². The molecule has 57 valence electrons. The summed E-state index contributed by atoms with van der Waals surface area (Å²) in [7, 11) is 0. The topological polar surface area (TPSA) is 39.2 Å². The Labute approximate surface area is 69.0 Å². The molecule has 0 saturated heterocycles. The second-order valence-corrected chi connectivity index (χ2v) is 2.23. The van der Waals surface area contributed by atoms with E-state index < -0.39 is 5.97 Å². The first-order valence-corrected chi connectivity index (χ1v) is 3.28. The van der Waals surface area contributed by atoms with Gasteiger partial charge in [0.2, 0.25) is 5.88 Å². The quantitative estimate of drug-likeness (QED) is 0.599. The number of hydrogen-bond acceptors (Lipinski definition) is 3. The highest BCUT2D eigenvalue weighted by molar-refractivity contribution is 6.30. The number of esters is 1. The van der Waals surface area contributed by atoms with Crippen LogP contribution in [0.25, 0.3) is 0 Å². The standard InChI is InChI=1S/C7H5ClNO2/c1-5(10)11-7-3-2-6(8)4-9-7/h3-4H,1H3. The third-order valence-electron chi connectivity index (χ3n) is 0.887. The lowest BCUT2D eigenvalue weighted by Gasteiger charge is -1.97. The Morgan fingerprint density at radius 3 is 3.00 bits per heavy atom. The Balaban J connectivity index is 2.74. The van der Waals surface area contributed by atoms with E-state index in [0.29, 0.717) is 5.02 Å². The van der Waals surface area contributed by atoms with Gasteiger partial charge in [-0.2, -0.15) is 0 Å². The predicted molar refractivity (Wildman–Crippen MR) is 39.4 cm³/mol. The zero-order valence-corrected chi connectivity index (χ0v) is 6.55. The maximum absolute atomic E-state index is 10.4. The molecule has 11 heavy (non-hydrogen) atoms. The predicted octanol–water partition coefficient (Wildman–Crippen LogP) is 1.46. The fourth-order valence-corrected chi connectivity index (χ4v) is 0.632. The molecule has 0 saturated carbocycles. The third-order valence-corrected chi connectivity index (χ3v) is 1.09. The van der Waals surface area contributed by atoms with Crippen molar-refractivity contribution in [2.75, 3.05) is 0 Å². The van der Waals surface area contributed by atoms with Crippen molar-refractivity contribution in [3.05, 3.63) is 23.4 Å². The minimum Gasteiger partial charge on any atom is -0.408 e. The Bertz CT molecular complexity index is 258. The summed E-state index contributed by atoms with van der Waals surface area (Å²) in [4.78, 5) is 14.1. The summed E-state index contributed by atoms with van der Waals surface area (Å²) < 4.78 is 4.63. The number of carbonyl (C=O) groups is 1. The second kappa shape index (κ2) is 3.34. The molecule has 0 unspecified atom stereocenters. The summed E-state index contributed by atoms with van der Waals surface area (Å²) in [6, 6.07) is 4.04. The molecule has 0 amide bonds. The molecule has 1 rings (SSSR count). The van der Waals surface area contributed by atoms with E-state index >= 15 is 0 Å². The van der Waals surface area contributed by atoms with Gasteiger partial charge < -0.3 is 4.74 Å². The average Bonchev–Trinajstić information content (AvgIpc) is 1.93. The van der Waals surface area contributed by atoms with Crippen LogP contribution in [0.2, 0.25) is 5.02 Å². The first-order chi connectivity index (χ1) is 5.18. The minimum absolute atomic E-state index is 0.210. The number of halogens is 1. The summed E-state index contributed by atoms with van der Waals surface area (Å²) in [6.07, 6.45) is 1.36. The van der Waals surface area contributed by atoms with Crippen LogP contribution in [-0.4, -0.2) is 11.0 Å². The van der Waals surface area contributed by atoms with E-state index in [-0.39, 0.29) is 5.88 Å². The fourth-order valence-electron chi connectivity index (χ4n) is 0.529. The number of aromatic nitrogens is 1. The van der Waals surface area contributed by atoms with Crippen LogP contribution in [-0.2, 0) is 4.79 Å². The lowest BCUT2D eigenvalue weighted by atomic mass is 10.5. The molecule has 0 bridgehead atoms. The Kier molecular flexibility index (Phi) is 2.44. The molecular formula is C7H5ClNO2. The van der Waals surface area contributed by atoms with Gasteiger partial charge in [-0.1, -0.05) is 11.6 Å². The van der Waals surface area contributed by atoms with Gasteiger partial charge in [-0.05, 0) is 0 Å². The number of ether oxygens (including phenoxy) is 1. The molecule has 1 aromatic rings. The Morgan fingerprint density at radius 2 is 2.55 bits per heavy atom. The van der Waals surface area contributed by atoms with Gasteiger partial charge in [0.25, 0.3) is 0 Å². The normalized spacial score (nSPS) is 9.27. The molecule has 1 aromatic heterocycles. The third kappa shape index (κ3) is 2.55. The van der Waals surface area contributed by atoms with Crippen LogP contribution in [0.5, 0.6) is 5.88 Å². The first kappa shape index (κ1) is 8.01. The number of carbonyl (C=O) groups excluding carboxylic acids is 1. The summed E-state index contributed by atoms with van der Waals surface area (Å²) in [5, 5.41) is 0.390. The fraction of sp³-hybridized carbons (Fsp3) is 0.143. The van der Waals surface area contributed by atoms with Crippen molar-refractivity contribution in [1.82, 2.24) is 4.98 Å². The van der Waals surface area contributed by atoms with Crippen LogP contribution >= 0.6 is 11.6 Å². The molecule has 0 aliphatic heterocycles. The van der Waals surface area contributed by atoms with Crippen molar-refractivity contribution >= 4 is 17.6 Å². The molecule has 3 nitrogen and oxygen atoms in total. The number of rotatable bonds is 1. The second-order valence-electron chi connectivity index (χ2n) is 1.83. The van der Waals surface area contributed by atoms with Gasteiger partial charge in [0, 0.05) is 19.1 Å². The number of hydrogen-bond donors (Lipinski definition) is 0. The van der Waals surface area contributed by atoms with Crippen molar-refractivity contribution in [2.45, 2.75) is 6.92 Å². The zero-order chi connectivity index (χ0) is 8.27. The van der Waals surface area contributed by atoms with Crippen LogP contribution < -0.4 is 4.74 Å². The largest absolute Gasteiger partial charge is 0.408 e. The van der Waals surface area contributed by atoms with E-state index in [9.17, 15) is 4.79 Å². The molecule has 4 heteroatoms. The van der Waals surface area contributed by atoms with Crippen LogP contribution in [0.1, 0.15) is 6.92 Å². The summed E-state index contributed by atoms with van der Waals surface area (Å²) in [6.45, 7) is 1.30. The average molecular weight is 171 g/mol. The van der Waals surface area contributed by atoms with E-state index in [4.69, 9.17) is 11.6 Å². The van der Waals surface area contributed by atoms with Crippen molar-refractivity contribution in [3.8, 4) is 5.88 Å². The van der Waals surface area contributed by atoms with Crippen molar-refractivity contribution in [2.24, 2.45) is 0 Å². The van der Waals surface area contributed by atoms with E-state index in [1.54, 1.807) is 0 Å². The zero-order valence-electron chi connectivity index (χ0n) is 5.80. The van der Waals surface area contributed by atoms with Crippen molar-refractivity contribution in [1.29, 1.82) is 0 Å². The smallest absolute Gasteiger partial charge is 0.309 e. The van der Waals surface area contributed by atoms with Gasteiger partial charge in [-0.3, -0.25) is 4.79 Å². The van der Waals surface area contributed by atoms with Gasteiger partial charge in [0.15, 0.2) is 0 Å². The maximum Gasteiger partial charge on any atom is 0.309 e. The maximum atomic E-state index is 10.4. The highest BCUT2D eigenvalue weighted by atomic mass is 35.5. The molecule has 0 aromatic carbocycles. The molecule has 0 aliphatic carbocycles. The first-order valence-electron chi connectivity index (χ1n) is 2.90. The summed E-state index contributed by atoms with van der Waals surface area (Å²) >= 11 is 5.49. The van der Waals surface area contributed by atoms with Gasteiger partial charge >= 0.3 is 5.97 Å². The monoisotopic (exact) mass is 170 g/mol. The highest BCUT2D eigenvalue weighted by Gasteiger charge is 1.97. The minimum atomic E-state index is -0.409. The summed E-state index contributed by atoms with van der Waals surface area (Å²) in [5.74, 6) is -0.199. The molecule has 0 spiro atoms. The molecule has 1 heterocycles. The SMILES string of the molecule is CC(=O)Oc1c[c]c(Cl)cn1. The van der Waals surface area contributed by atoms with Crippen LogP contribution in [0, 0.1) is 6.07 Å². The van der Waals surface area contributed by atoms with Gasteiger partial charge in [0.05, 0.1) is 11.2 Å². The molecular weight excluding hydrogens is 166 g/mol. The van der Waals surface area contributed by atoms with Crippen molar-refractivity contribution in [3.63, 3.8) is 0 Å². The van der Waals surface area contributed by atoms with E-state index in [0.717, 1.165) is 0 Å². The lowest BCUT2D eigenvalue weighted by molar-refractivity contribution is -0.132. The van der Waals surface area contributed by atoms with Gasteiger partial charge in [-0.15, -0.1) is 0 Å². The van der Waals surface area contributed by atoms with E-state index in [1.165, 1.54) is 19.2 Å². The number of nitrogens with zero attached hydrogens (tertiary/aromatic N) is 1. The highest BCUT2D eigenvalue weighted by Crippen LogP contribution is 2.10. The Morgan fingerprint density at radius 1 is 1.82 bits per heavy atom. The van der Waals surface area contributed by atoms with E-state index in [1.807, 2.05) is 0 Å². The summed E-state index contributed by atoms with van der Waals surface area (Å²) in [5.41, 5.74) is 0. The molecule has 0 fully saturated rings. The van der Waals surface area contributed by atoms with Crippen LogP contribution in [0.4, 0.5) is 0 Å². The van der Waals surface area contributed by atoms with Crippen LogP contribution in [0.15, 0.2) is 12.3 Å². The van der Waals surface area contributed by atoms with Crippen molar-refractivity contribution < 1.29 is 9.53 Å².